The minimum Gasteiger partial charge on any atom is -0.266 e. The number of carbonyl (C=O) groups is 1. The average Bonchev–Trinajstić information content (AvgIpc) is 2.30. The van der Waals surface area contributed by atoms with Crippen molar-refractivity contribution in [2.45, 2.75) is 0 Å². The summed E-state index contributed by atoms with van der Waals surface area (Å²) < 4.78 is 0. The Labute approximate surface area is 106 Å². The highest BCUT2D eigenvalue weighted by molar-refractivity contribution is 7.78. The molecular weight excluding hydrogens is 230 g/mol. The Kier molecular flexibility index (Phi) is 6.19. The van der Waals surface area contributed by atoms with E-state index in [2.05, 4.69) is 22.4 Å². The van der Waals surface area contributed by atoms with Crippen LogP contribution in [0.3, 0.4) is 0 Å². The Morgan fingerprint density at radius 2 is 1.47 bits per heavy atom. The zero-order chi connectivity index (χ0) is 12.3. The molecule has 0 aromatic rings. The van der Waals surface area contributed by atoms with Crippen molar-refractivity contribution in [3.05, 3.63) is 72.4 Å². The van der Waals surface area contributed by atoms with Gasteiger partial charge in [0.05, 0.1) is 5.16 Å². The Morgan fingerprint density at radius 3 is 2.06 bits per heavy atom. The molecule has 0 N–H and O–H groups in total. The van der Waals surface area contributed by atoms with Crippen LogP contribution in [0, 0.1) is 0 Å². The van der Waals surface area contributed by atoms with Crippen molar-refractivity contribution in [1.82, 2.24) is 0 Å². The van der Waals surface area contributed by atoms with E-state index in [-0.39, 0.29) is 0 Å². The molecule has 1 amide bonds. The van der Waals surface area contributed by atoms with Gasteiger partial charge in [-0.2, -0.15) is 4.99 Å². The van der Waals surface area contributed by atoms with E-state index in [0.717, 1.165) is 0 Å². The van der Waals surface area contributed by atoms with Crippen molar-refractivity contribution in [2.24, 2.45) is 4.99 Å². The monoisotopic (exact) mass is 241 g/mol. The maximum Gasteiger partial charge on any atom is 0.285 e. The highest BCUT2D eigenvalue weighted by Crippen LogP contribution is 2.02. The molecule has 0 fully saturated rings. The molecule has 1 aliphatic rings. The summed E-state index contributed by atoms with van der Waals surface area (Å²) in [4.78, 5) is 14.9. The van der Waals surface area contributed by atoms with Crippen molar-refractivity contribution in [3.63, 3.8) is 0 Å². The molecule has 84 valence electrons. The maximum atomic E-state index is 11.5. The van der Waals surface area contributed by atoms with Gasteiger partial charge in [-0.3, -0.25) is 4.79 Å². The molecule has 1 rings (SSSR count). The predicted octanol–water partition coefficient (Wildman–Crippen LogP) is 3.34. The first-order chi connectivity index (χ1) is 8.34. The summed E-state index contributed by atoms with van der Waals surface area (Å²) in [5, 5.41) is 2.07. The molecule has 0 saturated carbocycles. The number of amides is 1. The fourth-order valence-corrected chi connectivity index (χ4v) is 1.15. The second-order valence-corrected chi connectivity index (χ2v) is 3.21. The third-order valence-electron chi connectivity index (χ3n) is 1.83. The van der Waals surface area contributed by atoms with Crippen LogP contribution in [0.4, 0.5) is 0 Å². The molecular formula is C14H11NOS. The lowest BCUT2D eigenvalue weighted by atomic mass is 10.2. The summed E-state index contributed by atoms with van der Waals surface area (Å²) in [5.74, 6) is -0.397. The number of rotatable bonds is 1. The third-order valence-corrected chi connectivity index (χ3v) is 1.93. The topological polar surface area (TPSA) is 29.4 Å². The van der Waals surface area contributed by atoms with Gasteiger partial charge in [0.25, 0.3) is 5.91 Å². The molecule has 0 atom stereocenters. The van der Waals surface area contributed by atoms with Crippen molar-refractivity contribution in [2.75, 3.05) is 0 Å². The molecule has 3 heteroatoms. The van der Waals surface area contributed by atoms with Crippen LogP contribution in [-0.4, -0.2) is 11.1 Å². The van der Waals surface area contributed by atoms with Crippen LogP contribution in [0.1, 0.15) is 0 Å². The number of hydrogen-bond acceptors (Lipinski definition) is 2. The third kappa shape index (κ3) is 5.52. The van der Waals surface area contributed by atoms with Crippen LogP contribution in [0.5, 0.6) is 0 Å². The highest BCUT2D eigenvalue weighted by atomic mass is 32.1. The number of aliphatic imine (C=N–C) groups is 1. The van der Waals surface area contributed by atoms with E-state index < -0.39 is 5.91 Å². The molecule has 0 unspecified atom stereocenters. The van der Waals surface area contributed by atoms with Crippen LogP contribution < -0.4 is 0 Å². The number of nitrogens with zero attached hydrogens (tertiary/aromatic N) is 1. The normalized spacial score (nSPS) is 22.0. The number of allylic oxidation sites excluding steroid dienone is 10. The van der Waals surface area contributed by atoms with Crippen LogP contribution in [-0.2, 0) is 4.79 Å². The molecule has 0 aromatic heterocycles. The predicted molar refractivity (Wildman–Crippen MR) is 73.8 cm³/mol. The van der Waals surface area contributed by atoms with Crippen molar-refractivity contribution < 1.29 is 4.79 Å². The quantitative estimate of drug-likeness (QED) is 0.520. The van der Waals surface area contributed by atoms with Crippen molar-refractivity contribution in [1.29, 1.82) is 0 Å². The number of thiocarbonyl (C=S) groups is 1. The van der Waals surface area contributed by atoms with Gasteiger partial charge in [0.2, 0.25) is 0 Å². The van der Waals surface area contributed by atoms with E-state index in [1.807, 2.05) is 42.5 Å². The first-order valence-corrected chi connectivity index (χ1v) is 5.42. The number of carbonyl (C=O) groups excluding carboxylic acids is 1. The van der Waals surface area contributed by atoms with Gasteiger partial charge in [0.1, 0.15) is 0 Å². The van der Waals surface area contributed by atoms with E-state index in [9.17, 15) is 4.79 Å². The molecule has 0 heterocycles. The molecule has 0 bridgehead atoms. The smallest absolute Gasteiger partial charge is 0.266 e. The van der Waals surface area contributed by atoms with Gasteiger partial charge in [-0.05, 0) is 24.4 Å². The largest absolute Gasteiger partial charge is 0.285 e. The number of isothiocyanates is 1. The van der Waals surface area contributed by atoms with Gasteiger partial charge in [-0.25, -0.2) is 0 Å². The lowest BCUT2D eigenvalue weighted by molar-refractivity contribution is -0.114. The zero-order valence-corrected chi connectivity index (χ0v) is 9.93. The van der Waals surface area contributed by atoms with Gasteiger partial charge >= 0.3 is 0 Å². The summed E-state index contributed by atoms with van der Waals surface area (Å²) in [6.07, 6.45) is 20.0. The van der Waals surface area contributed by atoms with E-state index in [4.69, 9.17) is 0 Å². The first-order valence-electron chi connectivity index (χ1n) is 5.02. The van der Waals surface area contributed by atoms with E-state index in [0.29, 0.717) is 5.57 Å². The molecule has 17 heavy (non-hydrogen) atoms. The molecule has 2 nitrogen and oxygen atoms in total. The Bertz CT molecular complexity index is 498. The first kappa shape index (κ1) is 13.0. The SMILES string of the molecule is O=C(N=C=S)C1=C\C=C/C=C\C=C/C=C\C=C1. The maximum absolute atomic E-state index is 11.5. The van der Waals surface area contributed by atoms with Gasteiger partial charge in [0.15, 0.2) is 0 Å². The second-order valence-electron chi connectivity index (χ2n) is 3.03. The summed E-state index contributed by atoms with van der Waals surface area (Å²) in [6.45, 7) is 0. The molecule has 0 spiro atoms. The van der Waals surface area contributed by atoms with E-state index >= 15 is 0 Å². The summed E-state index contributed by atoms with van der Waals surface area (Å²) >= 11 is 4.41. The minimum absolute atomic E-state index is 0.397. The highest BCUT2D eigenvalue weighted by Gasteiger charge is 2.01. The fraction of sp³-hybridized carbons (Fsp3) is 0. The van der Waals surface area contributed by atoms with Crippen LogP contribution in [0.15, 0.2) is 77.4 Å². The molecule has 0 aliphatic heterocycles. The molecule has 0 aromatic carbocycles. The van der Waals surface area contributed by atoms with Gasteiger partial charge in [0, 0.05) is 5.57 Å². The standard InChI is InChI=1S/C14H11NOS/c16-14(15-12-17)13-10-8-6-4-2-1-3-5-7-9-11-13/h1-11H/b2-1-,3-1?,4-2?,5-3-,6-4-,7-5?,8-6?,9-7-,10-8?,11-9?,13-10?,13-11?. The minimum atomic E-state index is -0.397. The van der Waals surface area contributed by atoms with Gasteiger partial charge < -0.3 is 0 Å². The van der Waals surface area contributed by atoms with E-state index in [1.165, 1.54) is 0 Å². The van der Waals surface area contributed by atoms with Crippen LogP contribution in [0.2, 0.25) is 0 Å². The van der Waals surface area contributed by atoms with Gasteiger partial charge in [-0.15, -0.1) is 0 Å². The summed E-state index contributed by atoms with van der Waals surface area (Å²) in [7, 11) is 0. The second kappa shape index (κ2) is 8.11. The van der Waals surface area contributed by atoms with Crippen molar-refractivity contribution in [3.8, 4) is 0 Å². The average molecular weight is 241 g/mol. The molecule has 0 saturated heterocycles. The zero-order valence-electron chi connectivity index (χ0n) is 9.11. The van der Waals surface area contributed by atoms with Crippen LogP contribution in [0.25, 0.3) is 0 Å². The fourth-order valence-electron chi connectivity index (χ4n) is 1.07. The summed E-state index contributed by atoms with van der Waals surface area (Å²) in [5.41, 5.74) is 0.459. The lowest BCUT2D eigenvalue weighted by Crippen LogP contribution is -1.94. The number of hydrogen-bond donors (Lipinski definition) is 0. The summed E-state index contributed by atoms with van der Waals surface area (Å²) in [6, 6.07) is 0. The Hall–Kier alpha value is -2.09. The van der Waals surface area contributed by atoms with Crippen LogP contribution >= 0.6 is 12.2 Å². The Balaban J connectivity index is 2.99. The van der Waals surface area contributed by atoms with E-state index in [1.54, 1.807) is 24.3 Å². The lowest BCUT2D eigenvalue weighted by Gasteiger charge is -1.91. The molecule has 1 aliphatic carbocycles. The Morgan fingerprint density at radius 1 is 0.941 bits per heavy atom. The van der Waals surface area contributed by atoms with Gasteiger partial charge in [-0.1, -0.05) is 54.7 Å². The van der Waals surface area contributed by atoms with Crippen molar-refractivity contribution >= 4 is 23.3 Å². The molecule has 0 radical (unpaired) electrons.